The summed E-state index contributed by atoms with van der Waals surface area (Å²) in [5.74, 6) is -0.335. The van der Waals surface area contributed by atoms with Gasteiger partial charge in [0.2, 0.25) is 10.7 Å². The fourth-order valence-electron chi connectivity index (χ4n) is 1.87. The molecule has 3 aromatic rings. The van der Waals surface area contributed by atoms with Crippen molar-refractivity contribution in [2.24, 2.45) is 0 Å². The van der Waals surface area contributed by atoms with E-state index in [2.05, 4.69) is 20.5 Å². The Bertz CT molecular complexity index is 822. The van der Waals surface area contributed by atoms with Gasteiger partial charge in [-0.15, -0.1) is 10.2 Å². The van der Waals surface area contributed by atoms with Crippen LogP contribution in [-0.2, 0) is 6.42 Å². The maximum Gasteiger partial charge on any atom is 0.258 e. The molecule has 2 aromatic heterocycles. The van der Waals surface area contributed by atoms with Crippen molar-refractivity contribution in [2.75, 3.05) is 5.32 Å². The maximum atomic E-state index is 12.0. The molecule has 1 amide bonds. The van der Waals surface area contributed by atoms with E-state index in [1.54, 1.807) is 0 Å². The number of anilines is 1. The van der Waals surface area contributed by atoms with Crippen LogP contribution in [0, 0.1) is 0 Å². The van der Waals surface area contributed by atoms with E-state index in [9.17, 15) is 9.59 Å². The second-order valence-corrected chi connectivity index (χ2v) is 5.62. The van der Waals surface area contributed by atoms with Crippen LogP contribution in [0.25, 0.3) is 0 Å². The zero-order valence-electron chi connectivity index (χ0n) is 11.4. The summed E-state index contributed by atoms with van der Waals surface area (Å²) in [5, 5.41) is 12.0. The molecule has 0 bridgehead atoms. The predicted octanol–water partition coefficient (Wildman–Crippen LogP) is 2.07. The lowest BCUT2D eigenvalue weighted by atomic mass is 10.2. The zero-order valence-corrected chi connectivity index (χ0v) is 12.3. The fraction of sp³-hybridized carbons (Fsp3) is 0.0667. The molecule has 0 radical (unpaired) electrons. The van der Waals surface area contributed by atoms with E-state index >= 15 is 0 Å². The average molecular weight is 312 g/mol. The Morgan fingerprint density at radius 3 is 2.68 bits per heavy atom. The summed E-state index contributed by atoms with van der Waals surface area (Å²) in [6, 6.07) is 12.7. The highest BCUT2D eigenvalue weighted by Gasteiger charge is 2.10. The molecule has 0 unspecified atom stereocenters. The fourth-order valence-corrected chi connectivity index (χ4v) is 2.64. The lowest BCUT2D eigenvalue weighted by Crippen LogP contribution is -2.14. The van der Waals surface area contributed by atoms with Crippen LogP contribution in [0.4, 0.5) is 5.13 Å². The van der Waals surface area contributed by atoms with Crippen LogP contribution in [0.15, 0.2) is 53.5 Å². The van der Waals surface area contributed by atoms with Crippen LogP contribution >= 0.6 is 11.3 Å². The van der Waals surface area contributed by atoms with Gasteiger partial charge in [0.1, 0.15) is 5.01 Å². The molecule has 0 fully saturated rings. The molecule has 0 saturated carbocycles. The lowest BCUT2D eigenvalue weighted by molar-refractivity contribution is 0.102. The number of rotatable bonds is 4. The lowest BCUT2D eigenvalue weighted by Gasteiger charge is -1.99. The molecule has 1 aromatic carbocycles. The predicted molar refractivity (Wildman–Crippen MR) is 84.2 cm³/mol. The number of pyridine rings is 1. The van der Waals surface area contributed by atoms with Crippen molar-refractivity contribution in [1.29, 1.82) is 0 Å². The third-order valence-electron chi connectivity index (χ3n) is 2.93. The van der Waals surface area contributed by atoms with Crippen molar-refractivity contribution < 1.29 is 4.79 Å². The number of hydrogen-bond donors (Lipinski definition) is 2. The van der Waals surface area contributed by atoms with E-state index in [0.29, 0.717) is 17.1 Å². The van der Waals surface area contributed by atoms with Crippen LogP contribution in [-0.4, -0.2) is 21.1 Å². The number of aromatic nitrogens is 3. The highest BCUT2D eigenvalue weighted by molar-refractivity contribution is 7.15. The molecular weight excluding hydrogens is 300 g/mol. The summed E-state index contributed by atoms with van der Waals surface area (Å²) in [4.78, 5) is 25.4. The maximum absolute atomic E-state index is 12.0. The molecule has 7 heteroatoms. The van der Waals surface area contributed by atoms with E-state index < -0.39 is 0 Å². The van der Waals surface area contributed by atoms with Gasteiger partial charge in [0.05, 0.1) is 5.56 Å². The van der Waals surface area contributed by atoms with Gasteiger partial charge in [-0.3, -0.25) is 14.9 Å². The summed E-state index contributed by atoms with van der Waals surface area (Å²) in [6.07, 6.45) is 2.04. The van der Waals surface area contributed by atoms with E-state index in [-0.39, 0.29) is 11.5 Å². The number of carbonyl (C=O) groups is 1. The first-order valence-corrected chi connectivity index (χ1v) is 7.39. The first-order chi connectivity index (χ1) is 10.7. The SMILES string of the molecule is O=C(Nc1nnc(Cc2ccccc2)s1)c1ccc(=O)[nH]c1. The topological polar surface area (TPSA) is 87.7 Å². The van der Waals surface area contributed by atoms with Crippen molar-refractivity contribution in [3.8, 4) is 0 Å². The molecular formula is C15H12N4O2S. The molecule has 0 aliphatic heterocycles. The van der Waals surface area contributed by atoms with Crippen molar-refractivity contribution in [3.05, 3.63) is 75.1 Å². The average Bonchev–Trinajstić information content (AvgIpc) is 2.96. The van der Waals surface area contributed by atoms with Crippen LogP contribution in [0.3, 0.4) is 0 Å². The Morgan fingerprint density at radius 1 is 1.14 bits per heavy atom. The van der Waals surface area contributed by atoms with Gasteiger partial charge in [0, 0.05) is 18.7 Å². The Hall–Kier alpha value is -2.80. The van der Waals surface area contributed by atoms with Crippen LogP contribution < -0.4 is 10.9 Å². The van der Waals surface area contributed by atoms with Gasteiger partial charge in [0.25, 0.3) is 5.91 Å². The number of nitrogens with one attached hydrogen (secondary N) is 2. The summed E-state index contributed by atoms with van der Waals surface area (Å²) >= 11 is 1.33. The molecule has 22 heavy (non-hydrogen) atoms. The zero-order chi connectivity index (χ0) is 15.4. The minimum absolute atomic E-state index is 0.252. The van der Waals surface area contributed by atoms with Crippen LogP contribution in [0.2, 0.25) is 0 Å². The van der Waals surface area contributed by atoms with E-state index in [1.165, 1.54) is 29.7 Å². The number of nitrogens with zero attached hydrogens (tertiary/aromatic N) is 2. The van der Waals surface area contributed by atoms with Gasteiger partial charge in [-0.05, 0) is 11.6 Å². The summed E-state index contributed by atoms with van der Waals surface area (Å²) in [7, 11) is 0. The molecule has 0 spiro atoms. The van der Waals surface area contributed by atoms with Crippen molar-refractivity contribution in [1.82, 2.24) is 15.2 Å². The van der Waals surface area contributed by atoms with Crippen LogP contribution in [0.5, 0.6) is 0 Å². The largest absolute Gasteiger partial charge is 0.328 e. The Kier molecular flexibility index (Phi) is 4.06. The second kappa shape index (κ2) is 6.31. The van der Waals surface area contributed by atoms with Crippen LogP contribution in [0.1, 0.15) is 20.9 Å². The minimum atomic E-state index is -0.335. The molecule has 0 atom stereocenters. The number of amides is 1. The molecule has 0 saturated heterocycles. The van der Waals surface area contributed by atoms with Gasteiger partial charge in [-0.2, -0.15) is 0 Å². The quantitative estimate of drug-likeness (QED) is 0.772. The third kappa shape index (κ3) is 3.44. The van der Waals surface area contributed by atoms with Crippen molar-refractivity contribution in [3.63, 3.8) is 0 Å². The molecule has 3 rings (SSSR count). The molecule has 6 nitrogen and oxygen atoms in total. The Balaban J connectivity index is 1.67. The Morgan fingerprint density at radius 2 is 1.95 bits per heavy atom. The summed E-state index contributed by atoms with van der Waals surface area (Å²) in [6.45, 7) is 0. The number of hydrogen-bond acceptors (Lipinski definition) is 5. The standard InChI is InChI=1S/C15H12N4O2S/c20-12-7-6-11(9-16-12)14(21)17-15-19-18-13(22-15)8-10-4-2-1-3-5-10/h1-7,9H,8H2,(H,16,20)(H,17,19,21). The van der Waals surface area contributed by atoms with Gasteiger partial charge < -0.3 is 4.98 Å². The van der Waals surface area contributed by atoms with E-state index in [1.807, 2.05) is 30.3 Å². The summed E-state index contributed by atoms with van der Waals surface area (Å²) < 4.78 is 0. The van der Waals surface area contributed by atoms with E-state index in [4.69, 9.17) is 0 Å². The minimum Gasteiger partial charge on any atom is -0.328 e. The van der Waals surface area contributed by atoms with Gasteiger partial charge >= 0.3 is 0 Å². The third-order valence-corrected chi connectivity index (χ3v) is 3.77. The van der Waals surface area contributed by atoms with Gasteiger partial charge in [0.15, 0.2) is 0 Å². The first-order valence-electron chi connectivity index (χ1n) is 6.57. The number of aromatic amines is 1. The summed E-state index contributed by atoms with van der Waals surface area (Å²) in [5.41, 5.74) is 1.24. The highest BCUT2D eigenvalue weighted by Crippen LogP contribution is 2.19. The monoisotopic (exact) mass is 312 g/mol. The van der Waals surface area contributed by atoms with Gasteiger partial charge in [-0.1, -0.05) is 41.7 Å². The smallest absolute Gasteiger partial charge is 0.258 e. The number of benzene rings is 1. The molecule has 110 valence electrons. The van der Waals surface area contributed by atoms with E-state index in [0.717, 1.165) is 10.6 Å². The number of H-pyrrole nitrogens is 1. The molecule has 0 aliphatic carbocycles. The normalized spacial score (nSPS) is 10.4. The number of carbonyl (C=O) groups excluding carboxylic acids is 1. The molecule has 0 aliphatic rings. The first kappa shape index (κ1) is 14.2. The molecule has 2 heterocycles. The second-order valence-electron chi connectivity index (χ2n) is 4.56. The highest BCUT2D eigenvalue weighted by atomic mass is 32.1. The van der Waals surface area contributed by atoms with Gasteiger partial charge in [-0.25, -0.2) is 0 Å². The van der Waals surface area contributed by atoms with Crippen molar-refractivity contribution in [2.45, 2.75) is 6.42 Å². The van der Waals surface area contributed by atoms with Crippen molar-refractivity contribution >= 4 is 22.4 Å². The Labute approximate surface area is 129 Å². The molecule has 2 N–H and O–H groups in total.